The number of hydrogen-bond acceptors (Lipinski definition) is 44. The summed E-state index contributed by atoms with van der Waals surface area (Å²) in [4.78, 5) is 14.5. The van der Waals surface area contributed by atoms with Gasteiger partial charge in [0.15, 0.2) is 49.8 Å². The van der Waals surface area contributed by atoms with Gasteiger partial charge in [0, 0.05) is 86.2 Å². The Morgan fingerprint density at radius 1 is 0.472 bits per heavy atom. The average Bonchev–Trinajstić information content (AvgIpc) is 0.750. The quantitative estimate of drug-likeness (QED) is 0.0198. The smallest absolute Gasteiger partial charge is 0.312 e. The molecule has 9 heterocycles. The summed E-state index contributed by atoms with van der Waals surface area (Å²) in [6, 6.07) is -3.05. The summed E-state index contributed by atoms with van der Waals surface area (Å²) >= 11 is 0. The van der Waals surface area contributed by atoms with E-state index in [-0.39, 0.29) is 82.0 Å². The monoisotopic (exact) mass is 2080 g/mol. The SMILES string of the molecule is CCC1C(=O)OC(CC(O)CCCCC(C)C(O)C(C)CCC(O)C(C)C(C)OC2CC(C)(N)C(O)C(C)O2)C(C)C=CC=CC(O)C(C)C(O)CC(O)CC(OC2OC(CO)C(O)C(O)C2O)C(C)C2CC(O)C(O)C(O)(CC(OC3OC(C)C(OC4OC(C)C(O)C(OC5CC(N)C(O)C(C)O5)C4O)C(OC4CC(N)C(O)C(C)O4)C3OC3OC(C)C(N)C(O)C3O)C(C)CCC(O)CC(O)CC=CC1O)O2. The number of aliphatic hydroxyl groups excluding tert-OH is 22. The fraction of sp³-hybridized carbons (Fsp3) is 0.930. The summed E-state index contributed by atoms with van der Waals surface area (Å²) in [7, 11) is 0. The van der Waals surface area contributed by atoms with Gasteiger partial charge in [0.2, 0.25) is 0 Å². The van der Waals surface area contributed by atoms with Gasteiger partial charge in [-0.25, -0.2) is 0 Å². The van der Waals surface area contributed by atoms with Crippen molar-refractivity contribution in [1.29, 1.82) is 0 Å². The molecule has 840 valence electrons. The molecule has 0 saturated carbocycles. The van der Waals surface area contributed by atoms with Gasteiger partial charge in [0.05, 0.1) is 159 Å². The number of rotatable bonds is 30. The third-order valence-corrected chi connectivity index (χ3v) is 31.6. The van der Waals surface area contributed by atoms with Gasteiger partial charge in [-0.15, -0.1) is 0 Å². The average molecular weight is 2080 g/mol. The molecule has 9 aliphatic rings. The molecule has 0 radical (unpaired) electrons. The summed E-state index contributed by atoms with van der Waals surface area (Å²) in [5.74, 6) is -9.53. The minimum atomic E-state index is -2.97. The van der Waals surface area contributed by atoms with Crippen LogP contribution in [0.3, 0.4) is 0 Å². The Hall–Kier alpha value is -2.99. The second-order valence-electron chi connectivity index (χ2n) is 43.6. The molecule has 9 rings (SSSR count). The second-order valence-corrected chi connectivity index (χ2v) is 43.6. The molecule has 57 atom stereocenters. The molecule has 0 amide bonds. The Labute approximate surface area is 845 Å². The molecular formula is C100H180N4O40. The minimum absolute atomic E-state index is 0.0592. The first kappa shape index (κ1) is 124. The van der Waals surface area contributed by atoms with Gasteiger partial charge in [-0.1, -0.05) is 105 Å². The molecule has 44 heteroatoms. The van der Waals surface area contributed by atoms with Gasteiger partial charge in [0.1, 0.15) is 85.5 Å². The van der Waals surface area contributed by atoms with Crippen LogP contribution in [-0.2, 0) is 80.6 Å². The van der Waals surface area contributed by atoms with E-state index < -0.39 is 367 Å². The lowest BCUT2D eigenvalue weighted by Crippen LogP contribution is -2.68. The van der Waals surface area contributed by atoms with Crippen LogP contribution in [0.4, 0.5) is 0 Å². The molecule has 8 saturated heterocycles. The third-order valence-electron chi connectivity index (χ3n) is 31.6. The number of fused-ring (bicyclic) bond motifs is 2. The standard InChI is InChI=1S/C100H180N4O40/c1-17-61-66(112)28-22-26-57(106)33-59(108)31-29-44(3)72(138-98-91(143-95-85(122)83(120)77(103)51(10)133-95)90(141-75-38-63(102)80(117)53(12)131-75)88(55(14)135-98)142-97-87(124)89(81(118)54(13)134-97)140-74-37-62(101)79(116)52(11)130-74)40-100(128)93(126)68(114)39-71(144-100)49(8)70(137-96-86(123)84(121)82(119)73(42-105)139-96)36-60(109)34-67(113)48(7)64(110)27-21-19-23-43(2)69(136-94(61)127)35-58(107)25-20-18-24-45(4)78(115)46(5)30-32-65(111)47(6)50(9)129-76-41-99(16,104)92(125)56(15)132-76/h19,21-23,27-28,43-93,95-98,105-126,128H,17-18,20,24-26,29-42,101-104H2,1-16H3. The Balaban J connectivity index is 1.00. The lowest BCUT2D eigenvalue weighted by molar-refractivity contribution is -0.405. The van der Waals surface area contributed by atoms with Gasteiger partial charge < -0.3 is 216 Å². The first-order valence-electron chi connectivity index (χ1n) is 52.2. The van der Waals surface area contributed by atoms with Crippen molar-refractivity contribution in [2.75, 3.05) is 6.61 Å². The number of esters is 1. The third kappa shape index (κ3) is 33.3. The zero-order chi connectivity index (χ0) is 107. The zero-order valence-electron chi connectivity index (χ0n) is 86.4. The predicted octanol–water partition coefficient (Wildman–Crippen LogP) is -2.65. The minimum Gasteiger partial charge on any atom is -0.461 e. The highest BCUT2D eigenvalue weighted by molar-refractivity contribution is 5.73. The van der Waals surface area contributed by atoms with Gasteiger partial charge >= 0.3 is 5.97 Å². The Morgan fingerprint density at radius 2 is 1.03 bits per heavy atom. The van der Waals surface area contributed by atoms with Crippen molar-refractivity contribution in [2.45, 2.75) is 532 Å². The molecule has 2 bridgehead atoms. The van der Waals surface area contributed by atoms with E-state index in [1.54, 1.807) is 53.7 Å². The molecule has 0 aromatic heterocycles. The van der Waals surface area contributed by atoms with E-state index in [9.17, 15) is 122 Å². The Kier molecular flexibility index (Phi) is 48.8. The zero-order valence-corrected chi connectivity index (χ0v) is 86.4. The summed E-state index contributed by atoms with van der Waals surface area (Å²) in [6.07, 6.45) is -54.0. The molecule has 9 aliphatic heterocycles. The van der Waals surface area contributed by atoms with Crippen LogP contribution < -0.4 is 22.9 Å². The normalized spacial score (nSPS) is 47.7. The first-order chi connectivity index (χ1) is 67.5. The molecule has 144 heavy (non-hydrogen) atoms. The van der Waals surface area contributed by atoms with Crippen molar-refractivity contribution in [3.8, 4) is 0 Å². The topological polar surface area (TPSA) is 734 Å². The van der Waals surface area contributed by atoms with E-state index in [4.69, 9.17) is 98.7 Å². The highest BCUT2D eigenvalue weighted by Gasteiger charge is 2.60. The molecule has 8 fully saturated rings. The van der Waals surface area contributed by atoms with Gasteiger partial charge in [-0.05, 0) is 137 Å². The first-order valence-corrected chi connectivity index (χ1v) is 52.2. The Bertz CT molecular complexity index is 3780. The van der Waals surface area contributed by atoms with Crippen molar-refractivity contribution in [1.82, 2.24) is 0 Å². The van der Waals surface area contributed by atoms with Gasteiger partial charge in [0.25, 0.3) is 0 Å². The van der Waals surface area contributed by atoms with Crippen molar-refractivity contribution in [2.24, 2.45) is 70.3 Å². The second kappa shape index (κ2) is 56.4. The molecule has 0 spiro atoms. The fourth-order valence-corrected chi connectivity index (χ4v) is 21.0. The van der Waals surface area contributed by atoms with E-state index in [1.807, 2.05) is 27.7 Å². The van der Waals surface area contributed by atoms with Crippen LogP contribution in [-0.4, -0.2) is 429 Å². The van der Waals surface area contributed by atoms with Crippen molar-refractivity contribution < 1.29 is 198 Å². The van der Waals surface area contributed by atoms with Gasteiger partial charge in [-0.2, -0.15) is 0 Å². The molecule has 0 aromatic carbocycles. The van der Waals surface area contributed by atoms with E-state index in [2.05, 4.69) is 0 Å². The van der Waals surface area contributed by atoms with Crippen LogP contribution >= 0.6 is 0 Å². The number of unbranched alkanes of at least 4 members (excludes halogenated alkanes) is 1. The van der Waals surface area contributed by atoms with E-state index >= 15 is 0 Å². The van der Waals surface area contributed by atoms with Crippen LogP contribution in [0.5, 0.6) is 0 Å². The largest absolute Gasteiger partial charge is 0.461 e. The van der Waals surface area contributed by atoms with Crippen molar-refractivity contribution >= 4 is 5.97 Å². The van der Waals surface area contributed by atoms with Crippen LogP contribution in [0.1, 0.15) is 233 Å². The summed E-state index contributed by atoms with van der Waals surface area (Å²) in [6.45, 7) is 25.7. The molecule has 57 unspecified atom stereocenters. The van der Waals surface area contributed by atoms with Crippen LogP contribution in [0.2, 0.25) is 0 Å². The van der Waals surface area contributed by atoms with Crippen LogP contribution in [0.15, 0.2) is 36.5 Å². The number of cyclic esters (lactones) is 1. The van der Waals surface area contributed by atoms with Crippen molar-refractivity contribution in [3.63, 3.8) is 0 Å². The molecule has 0 aromatic rings. The number of ether oxygens (including phenoxy) is 16. The van der Waals surface area contributed by atoms with Crippen LogP contribution in [0, 0.1) is 47.3 Å². The summed E-state index contributed by atoms with van der Waals surface area (Å²) in [5.41, 5.74) is 24.6. The fourth-order valence-electron chi connectivity index (χ4n) is 21.0. The molecular weight excluding hydrogens is 1900 g/mol. The maximum Gasteiger partial charge on any atom is 0.312 e. The molecule has 31 N–H and O–H groups in total. The van der Waals surface area contributed by atoms with E-state index in [0.29, 0.717) is 32.1 Å². The maximum atomic E-state index is 14.5. The molecule has 0 aliphatic carbocycles. The molecule has 44 nitrogen and oxygen atoms in total. The number of aliphatic hydroxyl groups is 23. The lowest BCUT2D eigenvalue weighted by atomic mass is 9.82. The predicted molar refractivity (Wildman–Crippen MR) is 512 cm³/mol. The summed E-state index contributed by atoms with van der Waals surface area (Å²) < 4.78 is 103. The number of hydrogen-bond donors (Lipinski definition) is 27. The Morgan fingerprint density at radius 3 is 1.66 bits per heavy atom. The highest BCUT2D eigenvalue weighted by atomic mass is 16.8. The van der Waals surface area contributed by atoms with E-state index in [1.165, 1.54) is 65.8 Å². The number of carbonyl (C=O) groups excluding carboxylic acids is 1. The number of carbonyl (C=O) groups is 1. The number of allylic oxidation sites excluding steroid dienone is 2. The van der Waals surface area contributed by atoms with E-state index in [0.717, 1.165) is 0 Å². The maximum absolute atomic E-state index is 14.5. The lowest BCUT2D eigenvalue weighted by Gasteiger charge is -2.52. The van der Waals surface area contributed by atoms with Gasteiger partial charge in [-0.3, -0.25) is 4.79 Å². The number of nitrogens with two attached hydrogens (primary N) is 4. The van der Waals surface area contributed by atoms with Crippen molar-refractivity contribution in [3.05, 3.63) is 36.5 Å². The highest BCUT2D eigenvalue weighted by Crippen LogP contribution is 2.45. The van der Waals surface area contributed by atoms with Crippen LogP contribution in [0.25, 0.3) is 0 Å². The summed E-state index contributed by atoms with van der Waals surface area (Å²) in [5, 5.41) is 268.